The molecule has 3 unspecified atom stereocenters. The molecule has 1 aromatic rings. The number of halogens is 1. The molecular weight excluding hydrogens is 284 g/mol. The minimum Gasteiger partial charge on any atom is -0.490 e. The lowest BCUT2D eigenvalue weighted by molar-refractivity contribution is 0.206. The van der Waals surface area contributed by atoms with E-state index in [-0.39, 0.29) is 0 Å². The summed E-state index contributed by atoms with van der Waals surface area (Å²) in [6, 6.07) is 7.88. The van der Waals surface area contributed by atoms with E-state index >= 15 is 0 Å². The van der Waals surface area contributed by atoms with Gasteiger partial charge in [0.2, 0.25) is 0 Å². The zero-order valence-corrected chi connectivity index (χ0v) is 13.9. The first-order valence-electron chi connectivity index (χ1n) is 8.23. The van der Waals surface area contributed by atoms with E-state index in [1.54, 1.807) is 0 Å². The number of para-hydroxylation sites is 2. The highest BCUT2D eigenvalue weighted by atomic mass is 35.5. The molecule has 0 N–H and O–H groups in total. The van der Waals surface area contributed by atoms with Gasteiger partial charge in [0.25, 0.3) is 0 Å². The van der Waals surface area contributed by atoms with Crippen LogP contribution in [-0.4, -0.2) is 18.6 Å². The molecule has 0 heterocycles. The van der Waals surface area contributed by atoms with Crippen molar-refractivity contribution in [3.63, 3.8) is 0 Å². The number of rotatable bonds is 7. The second kappa shape index (κ2) is 8.53. The third-order valence-electron chi connectivity index (χ3n) is 4.47. The zero-order valence-electron chi connectivity index (χ0n) is 13.2. The van der Waals surface area contributed by atoms with Crippen molar-refractivity contribution in [3.05, 3.63) is 24.3 Å². The molecule has 0 aliphatic heterocycles. The molecule has 21 heavy (non-hydrogen) atoms. The van der Waals surface area contributed by atoms with Gasteiger partial charge in [-0.3, -0.25) is 0 Å². The molecule has 0 saturated heterocycles. The van der Waals surface area contributed by atoms with Crippen molar-refractivity contribution in [1.82, 2.24) is 0 Å². The Balaban J connectivity index is 1.83. The van der Waals surface area contributed by atoms with Crippen LogP contribution in [0.4, 0.5) is 0 Å². The van der Waals surface area contributed by atoms with E-state index in [4.69, 9.17) is 21.1 Å². The summed E-state index contributed by atoms with van der Waals surface area (Å²) < 4.78 is 11.5. The first kappa shape index (κ1) is 16.5. The van der Waals surface area contributed by atoms with E-state index in [9.17, 15) is 0 Å². The van der Waals surface area contributed by atoms with Gasteiger partial charge in [0, 0.05) is 5.38 Å². The summed E-state index contributed by atoms with van der Waals surface area (Å²) in [5.41, 5.74) is 0. The van der Waals surface area contributed by atoms with Crippen LogP contribution in [0, 0.1) is 11.8 Å². The Bertz CT molecular complexity index is 421. The Morgan fingerprint density at radius 1 is 1.10 bits per heavy atom. The van der Waals surface area contributed by atoms with Gasteiger partial charge in [0.05, 0.1) is 13.2 Å². The highest BCUT2D eigenvalue weighted by Crippen LogP contribution is 2.36. The summed E-state index contributed by atoms with van der Waals surface area (Å²) in [5.74, 6) is 3.11. The first-order chi connectivity index (χ1) is 10.2. The largest absolute Gasteiger partial charge is 0.490 e. The summed E-state index contributed by atoms with van der Waals surface area (Å²) >= 11 is 6.49. The Hall–Kier alpha value is -0.890. The Morgan fingerprint density at radius 3 is 2.48 bits per heavy atom. The van der Waals surface area contributed by atoms with Crippen molar-refractivity contribution in [1.29, 1.82) is 0 Å². The fraction of sp³-hybridized carbons (Fsp3) is 0.667. The molecule has 1 aromatic carbocycles. The van der Waals surface area contributed by atoms with Crippen molar-refractivity contribution in [2.75, 3.05) is 13.2 Å². The predicted molar refractivity (Wildman–Crippen MR) is 88.5 cm³/mol. The van der Waals surface area contributed by atoms with Gasteiger partial charge in [-0.25, -0.2) is 0 Å². The molecule has 2 rings (SSSR count). The highest BCUT2D eigenvalue weighted by molar-refractivity contribution is 6.20. The van der Waals surface area contributed by atoms with Gasteiger partial charge in [-0.2, -0.15) is 0 Å². The third-order valence-corrected chi connectivity index (χ3v) is 5.05. The summed E-state index contributed by atoms with van der Waals surface area (Å²) in [6.45, 7) is 5.65. The highest BCUT2D eigenvalue weighted by Gasteiger charge is 2.28. The van der Waals surface area contributed by atoms with Gasteiger partial charge in [0.15, 0.2) is 11.5 Å². The predicted octanol–water partition coefficient (Wildman–Crippen LogP) is 5.29. The lowest BCUT2D eigenvalue weighted by Crippen LogP contribution is -2.26. The van der Waals surface area contributed by atoms with E-state index < -0.39 is 0 Å². The fourth-order valence-electron chi connectivity index (χ4n) is 3.16. The van der Waals surface area contributed by atoms with Crippen molar-refractivity contribution in [2.45, 2.75) is 51.3 Å². The maximum Gasteiger partial charge on any atom is 0.161 e. The van der Waals surface area contributed by atoms with Gasteiger partial charge in [-0.1, -0.05) is 25.5 Å². The van der Waals surface area contributed by atoms with Crippen molar-refractivity contribution in [3.8, 4) is 11.5 Å². The van der Waals surface area contributed by atoms with Crippen LogP contribution in [0.3, 0.4) is 0 Å². The van der Waals surface area contributed by atoms with E-state index in [0.29, 0.717) is 24.5 Å². The molecule has 2 nitrogen and oxygen atoms in total. The first-order valence-corrected chi connectivity index (χ1v) is 8.66. The monoisotopic (exact) mass is 310 g/mol. The lowest BCUT2D eigenvalue weighted by atomic mass is 9.78. The maximum atomic E-state index is 6.49. The SMILES string of the molecule is CCOc1ccccc1OCCC1CC(CC)CCC1Cl. The fourth-order valence-corrected chi connectivity index (χ4v) is 3.51. The molecular formula is C18H27ClO2. The topological polar surface area (TPSA) is 18.5 Å². The Labute approximate surface area is 133 Å². The van der Waals surface area contributed by atoms with Crippen molar-refractivity contribution >= 4 is 11.6 Å². The number of benzene rings is 1. The second-order valence-electron chi connectivity index (χ2n) is 5.88. The summed E-state index contributed by atoms with van der Waals surface area (Å²) in [6.07, 6.45) is 6.00. The standard InChI is InChI=1S/C18H27ClO2/c1-3-14-9-10-16(19)15(13-14)11-12-21-18-8-6-5-7-17(18)20-4-2/h5-8,14-16H,3-4,9-13H2,1-2H3. The average Bonchev–Trinajstić information content (AvgIpc) is 2.51. The maximum absolute atomic E-state index is 6.49. The molecule has 0 aromatic heterocycles. The number of ether oxygens (including phenoxy) is 2. The molecule has 3 heteroatoms. The van der Waals surface area contributed by atoms with Gasteiger partial charge < -0.3 is 9.47 Å². The Kier molecular flexibility index (Phi) is 6.69. The van der Waals surface area contributed by atoms with Crippen LogP contribution >= 0.6 is 11.6 Å². The van der Waals surface area contributed by atoms with Crippen LogP contribution in [0.15, 0.2) is 24.3 Å². The molecule has 1 fully saturated rings. The zero-order chi connectivity index (χ0) is 15.1. The molecule has 0 radical (unpaired) electrons. The van der Waals surface area contributed by atoms with Gasteiger partial charge >= 0.3 is 0 Å². The van der Waals surface area contributed by atoms with Crippen molar-refractivity contribution < 1.29 is 9.47 Å². The summed E-state index contributed by atoms with van der Waals surface area (Å²) in [5, 5.41) is 0.318. The van der Waals surface area contributed by atoms with E-state index in [2.05, 4.69) is 6.92 Å². The van der Waals surface area contributed by atoms with Gasteiger partial charge in [-0.05, 0) is 56.6 Å². The summed E-state index contributed by atoms with van der Waals surface area (Å²) in [7, 11) is 0. The number of alkyl halides is 1. The van der Waals surface area contributed by atoms with Crippen molar-refractivity contribution in [2.24, 2.45) is 11.8 Å². The van der Waals surface area contributed by atoms with E-state index in [1.807, 2.05) is 31.2 Å². The van der Waals surface area contributed by atoms with Crippen LogP contribution in [0.25, 0.3) is 0 Å². The lowest BCUT2D eigenvalue weighted by Gasteiger charge is -2.32. The second-order valence-corrected chi connectivity index (χ2v) is 6.44. The molecule has 3 atom stereocenters. The van der Waals surface area contributed by atoms with E-state index in [0.717, 1.165) is 30.3 Å². The smallest absolute Gasteiger partial charge is 0.161 e. The van der Waals surface area contributed by atoms with Crippen LogP contribution in [0.2, 0.25) is 0 Å². The quantitative estimate of drug-likeness (QED) is 0.637. The third kappa shape index (κ3) is 4.81. The van der Waals surface area contributed by atoms with Gasteiger partial charge in [-0.15, -0.1) is 11.6 Å². The molecule has 0 bridgehead atoms. The van der Waals surface area contributed by atoms with Gasteiger partial charge in [0.1, 0.15) is 0 Å². The molecule has 0 spiro atoms. The molecule has 118 valence electrons. The number of hydrogen-bond donors (Lipinski definition) is 0. The van der Waals surface area contributed by atoms with Crippen LogP contribution in [0.1, 0.15) is 46.0 Å². The average molecular weight is 311 g/mol. The molecule has 1 saturated carbocycles. The van der Waals surface area contributed by atoms with Crippen LogP contribution in [0.5, 0.6) is 11.5 Å². The summed E-state index contributed by atoms with van der Waals surface area (Å²) in [4.78, 5) is 0. The Morgan fingerprint density at radius 2 is 1.81 bits per heavy atom. The molecule has 0 amide bonds. The van der Waals surface area contributed by atoms with Crippen LogP contribution in [-0.2, 0) is 0 Å². The minimum absolute atomic E-state index is 0.318. The number of hydrogen-bond acceptors (Lipinski definition) is 2. The minimum atomic E-state index is 0.318. The normalized spacial score (nSPS) is 25.6. The molecule has 1 aliphatic rings. The molecule has 1 aliphatic carbocycles. The van der Waals surface area contributed by atoms with Crippen LogP contribution < -0.4 is 9.47 Å². The van der Waals surface area contributed by atoms with E-state index in [1.165, 1.54) is 19.3 Å².